The summed E-state index contributed by atoms with van der Waals surface area (Å²) in [5.41, 5.74) is 0.812. The third-order valence-electron chi connectivity index (χ3n) is 10.1. The molecule has 2 nitrogen and oxygen atoms in total. The quantitative estimate of drug-likeness (QED) is 0.473. The molecule has 0 aromatic rings. The summed E-state index contributed by atoms with van der Waals surface area (Å²) in [4.78, 5) is 11.9. The summed E-state index contributed by atoms with van der Waals surface area (Å²) in [6, 6.07) is 0. The van der Waals surface area contributed by atoms with Crippen LogP contribution in [0.1, 0.15) is 105 Å². The monoisotopic (exact) mass is 388 g/mol. The van der Waals surface area contributed by atoms with Crippen molar-refractivity contribution in [3.8, 4) is 0 Å². The lowest BCUT2D eigenvalue weighted by Crippen LogP contribution is -2.56. The van der Waals surface area contributed by atoms with Crippen LogP contribution in [-0.4, -0.2) is 12.1 Å². The maximum Gasteiger partial charge on any atom is 0.306 e. The van der Waals surface area contributed by atoms with E-state index < -0.39 is 0 Å². The fourth-order valence-electron chi connectivity index (χ4n) is 8.57. The fourth-order valence-corrected chi connectivity index (χ4v) is 8.57. The van der Waals surface area contributed by atoms with Crippen molar-refractivity contribution in [3.05, 3.63) is 0 Å². The van der Waals surface area contributed by atoms with Crippen LogP contribution in [0.25, 0.3) is 0 Å². The van der Waals surface area contributed by atoms with E-state index in [1.165, 1.54) is 51.4 Å². The van der Waals surface area contributed by atoms with Crippen molar-refractivity contribution in [1.29, 1.82) is 0 Å². The SMILES string of the molecule is CC(C)CCC[C@@H](C)[C@H]1CC[C@H]2[C@@H]3CC[C@H]4OC(=O)CC[C@]4(C)[C@H]3CC[C@]12C. The van der Waals surface area contributed by atoms with E-state index in [4.69, 9.17) is 4.74 Å². The Morgan fingerprint density at radius 2 is 1.68 bits per heavy atom. The number of carbonyl (C=O) groups is 1. The minimum absolute atomic E-state index is 0.0534. The van der Waals surface area contributed by atoms with Crippen LogP contribution >= 0.6 is 0 Å². The van der Waals surface area contributed by atoms with E-state index in [-0.39, 0.29) is 17.5 Å². The highest BCUT2D eigenvalue weighted by Crippen LogP contribution is 2.67. The van der Waals surface area contributed by atoms with Crippen LogP contribution in [0.5, 0.6) is 0 Å². The van der Waals surface area contributed by atoms with Gasteiger partial charge in [0.15, 0.2) is 0 Å². The van der Waals surface area contributed by atoms with Gasteiger partial charge in [-0.3, -0.25) is 4.79 Å². The van der Waals surface area contributed by atoms with Gasteiger partial charge >= 0.3 is 5.97 Å². The number of hydrogen-bond acceptors (Lipinski definition) is 2. The van der Waals surface area contributed by atoms with Gasteiger partial charge in [0.2, 0.25) is 0 Å². The largest absolute Gasteiger partial charge is 0.462 e. The van der Waals surface area contributed by atoms with Gasteiger partial charge in [0.25, 0.3) is 0 Å². The molecule has 0 radical (unpaired) electrons. The standard InChI is InChI=1S/C26H44O2/c1-17(2)7-6-8-18(3)20-10-11-21-19-9-12-23-26(5,16-14-24(27)28-23)22(19)13-15-25(20,21)4/h17-23H,6-16H2,1-5H3/t18-,19+,20-,21+,22+,23-,25-,26-/m1/s1. The van der Waals surface area contributed by atoms with E-state index in [2.05, 4.69) is 34.6 Å². The topological polar surface area (TPSA) is 26.3 Å². The van der Waals surface area contributed by atoms with Crippen LogP contribution in [0.15, 0.2) is 0 Å². The number of hydrogen-bond donors (Lipinski definition) is 0. The van der Waals surface area contributed by atoms with Gasteiger partial charge in [-0.15, -0.1) is 0 Å². The molecule has 4 rings (SSSR count). The van der Waals surface area contributed by atoms with E-state index in [1.54, 1.807) is 0 Å². The first-order valence-electron chi connectivity index (χ1n) is 12.4. The normalized spacial score (nSPS) is 46.5. The molecule has 160 valence electrons. The van der Waals surface area contributed by atoms with E-state index in [0.29, 0.717) is 11.8 Å². The molecule has 28 heavy (non-hydrogen) atoms. The van der Waals surface area contributed by atoms with Gasteiger partial charge in [0, 0.05) is 11.8 Å². The average Bonchev–Trinajstić information content (AvgIpc) is 2.99. The van der Waals surface area contributed by atoms with Crippen molar-refractivity contribution >= 4 is 5.97 Å². The molecular formula is C26H44O2. The minimum Gasteiger partial charge on any atom is -0.462 e. The van der Waals surface area contributed by atoms with Crippen LogP contribution in [0.4, 0.5) is 0 Å². The predicted molar refractivity (Wildman–Crippen MR) is 115 cm³/mol. The van der Waals surface area contributed by atoms with Gasteiger partial charge in [-0.1, -0.05) is 53.9 Å². The smallest absolute Gasteiger partial charge is 0.306 e. The maximum absolute atomic E-state index is 11.9. The van der Waals surface area contributed by atoms with Crippen molar-refractivity contribution < 1.29 is 9.53 Å². The van der Waals surface area contributed by atoms with Gasteiger partial charge in [-0.25, -0.2) is 0 Å². The van der Waals surface area contributed by atoms with Crippen molar-refractivity contribution in [2.45, 2.75) is 111 Å². The summed E-state index contributed by atoms with van der Waals surface area (Å²) in [6.07, 6.45) is 14.3. The lowest BCUT2D eigenvalue weighted by molar-refractivity contribution is -0.192. The van der Waals surface area contributed by atoms with Crippen LogP contribution in [0.2, 0.25) is 0 Å². The summed E-state index contributed by atoms with van der Waals surface area (Å²) in [7, 11) is 0. The summed E-state index contributed by atoms with van der Waals surface area (Å²) >= 11 is 0. The molecular weight excluding hydrogens is 344 g/mol. The number of fused-ring (bicyclic) bond motifs is 5. The highest BCUT2D eigenvalue weighted by molar-refractivity contribution is 5.70. The zero-order valence-corrected chi connectivity index (χ0v) is 19.1. The first-order chi connectivity index (χ1) is 13.3. The fraction of sp³-hybridized carbons (Fsp3) is 0.962. The second kappa shape index (κ2) is 7.62. The Bertz CT molecular complexity index is 583. The molecule has 8 atom stereocenters. The molecule has 0 amide bonds. The molecule has 3 saturated carbocycles. The zero-order chi connectivity index (χ0) is 20.1. The molecule has 0 N–H and O–H groups in total. The molecule has 0 bridgehead atoms. The Morgan fingerprint density at radius 1 is 0.929 bits per heavy atom. The van der Waals surface area contributed by atoms with Crippen molar-refractivity contribution in [3.63, 3.8) is 0 Å². The molecule has 0 aromatic heterocycles. The van der Waals surface area contributed by atoms with Crippen LogP contribution < -0.4 is 0 Å². The van der Waals surface area contributed by atoms with Crippen LogP contribution in [0.3, 0.4) is 0 Å². The first-order valence-corrected chi connectivity index (χ1v) is 12.4. The number of esters is 1. The second-order valence-corrected chi connectivity index (χ2v) is 12.0. The highest BCUT2D eigenvalue weighted by Gasteiger charge is 2.61. The summed E-state index contributed by atoms with van der Waals surface area (Å²) in [5.74, 6) is 5.29. The number of carbonyl (C=O) groups excluding carboxylic acids is 1. The summed E-state index contributed by atoms with van der Waals surface area (Å²) in [5, 5.41) is 0. The Hall–Kier alpha value is -0.530. The molecule has 0 spiro atoms. The molecule has 4 fully saturated rings. The van der Waals surface area contributed by atoms with Gasteiger partial charge in [-0.2, -0.15) is 0 Å². The van der Waals surface area contributed by atoms with E-state index in [1.807, 2.05) is 0 Å². The van der Waals surface area contributed by atoms with Gasteiger partial charge < -0.3 is 4.74 Å². The lowest BCUT2D eigenvalue weighted by atomic mass is 9.47. The Kier molecular flexibility index (Phi) is 5.64. The molecule has 1 saturated heterocycles. The van der Waals surface area contributed by atoms with E-state index >= 15 is 0 Å². The Morgan fingerprint density at radius 3 is 2.43 bits per heavy atom. The van der Waals surface area contributed by atoms with Gasteiger partial charge in [0.05, 0.1) is 0 Å². The summed E-state index contributed by atoms with van der Waals surface area (Å²) in [6.45, 7) is 12.4. The lowest BCUT2D eigenvalue weighted by Gasteiger charge is -2.59. The van der Waals surface area contributed by atoms with E-state index in [9.17, 15) is 4.79 Å². The zero-order valence-electron chi connectivity index (χ0n) is 19.1. The summed E-state index contributed by atoms with van der Waals surface area (Å²) < 4.78 is 5.86. The van der Waals surface area contributed by atoms with Gasteiger partial charge in [0.1, 0.15) is 6.10 Å². The molecule has 3 aliphatic carbocycles. The Labute approximate surface area is 173 Å². The highest BCUT2D eigenvalue weighted by atomic mass is 16.5. The maximum atomic E-state index is 11.9. The third kappa shape index (κ3) is 3.35. The third-order valence-corrected chi connectivity index (χ3v) is 10.1. The predicted octanol–water partition coefficient (Wildman–Crippen LogP) is 7.01. The second-order valence-electron chi connectivity index (χ2n) is 12.0. The number of rotatable bonds is 5. The van der Waals surface area contributed by atoms with Crippen molar-refractivity contribution in [1.82, 2.24) is 0 Å². The minimum atomic E-state index is 0.0534. The average molecular weight is 389 g/mol. The molecule has 0 unspecified atom stereocenters. The van der Waals surface area contributed by atoms with Crippen molar-refractivity contribution in [2.24, 2.45) is 46.3 Å². The number of ether oxygens (including phenoxy) is 1. The van der Waals surface area contributed by atoms with Gasteiger partial charge in [-0.05, 0) is 85.9 Å². The van der Waals surface area contributed by atoms with E-state index in [0.717, 1.165) is 48.3 Å². The molecule has 0 aromatic carbocycles. The van der Waals surface area contributed by atoms with Crippen LogP contribution in [0, 0.1) is 46.3 Å². The molecule has 2 heteroatoms. The molecule has 1 heterocycles. The van der Waals surface area contributed by atoms with Crippen molar-refractivity contribution in [2.75, 3.05) is 0 Å². The first kappa shape index (κ1) is 20.7. The Balaban J connectivity index is 1.47. The molecule has 1 aliphatic heterocycles. The molecule has 4 aliphatic rings. The van der Waals surface area contributed by atoms with Crippen LogP contribution in [-0.2, 0) is 9.53 Å².